The van der Waals surface area contributed by atoms with Crippen LogP contribution < -0.4 is 5.69 Å². The second-order valence-electron chi connectivity index (χ2n) is 7.92. The van der Waals surface area contributed by atoms with Crippen LogP contribution >= 0.6 is 0 Å². The highest BCUT2D eigenvalue weighted by Crippen LogP contribution is 2.09. The van der Waals surface area contributed by atoms with E-state index in [1.165, 1.54) is 36.0 Å². The van der Waals surface area contributed by atoms with E-state index in [9.17, 15) is 4.79 Å². The zero-order valence-corrected chi connectivity index (χ0v) is 18.9. The first-order chi connectivity index (χ1) is 14.4. The summed E-state index contributed by atoms with van der Waals surface area (Å²) in [6.07, 6.45) is 7.71. The molecule has 0 bridgehead atoms. The molecule has 1 aromatic heterocycles. The van der Waals surface area contributed by atoms with Gasteiger partial charge in [0.25, 0.3) is 0 Å². The van der Waals surface area contributed by atoms with E-state index in [1.54, 1.807) is 12.1 Å². The third kappa shape index (κ3) is 7.25. The molecule has 3 aromatic rings. The van der Waals surface area contributed by atoms with Gasteiger partial charge < -0.3 is 5.11 Å². The Morgan fingerprint density at radius 2 is 1.43 bits per heavy atom. The lowest BCUT2D eigenvalue weighted by atomic mass is 10.1. The van der Waals surface area contributed by atoms with Crippen LogP contribution in [0.2, 0.25) is 0 Å². The third-order valence-corrected chi connectivity index (χ3v) is 5.23. The van der Waals surface area contributed by atoms with Crippen LogP contribution in [0.5, 0.6) is 5.75 Å². The van der Waals surface area contributed by atoms with Crippen molar-refractivity contribution in [2.45, 2.75) is 72.9 Å². The van der Waals surface area contributed by atoms with Crippen LogP contribution in [-0.4, -0.2) is 14.2 Å². The maximum Gasteiger partial charge on any atom is 0.328 e. The van der Waals surface area contributed by atoms with E-state index in [-0.39, 0.29) is 5.69 Å². The molecule has 1 N–H and O–H groups in total. The second kappa shape index (κ2) is 12.1. The Morgan fingerprint density at radius 3 is 1.97 bits per heavy atom. The molecular formula is C26H36N2O2. The fourth-order valence-corrected chi connectivity index (χ4v) is 3.35. The molecule has 0 amide bonds. The summed E-state index contributed by atoms with van der Waals surface area (Å²) >= 11 is 0. The number of rotatable bonds is 8. The lowest BCUT2D eigenvalue weighted by Crippen LogP contribution is -2.25. The lowest BCUT2D eigenvalue weighted by molar-refractivity contribution is 0.475. The number of hydrogen-bond acceptors (Lipinski definition) is 2. The van der Waals surface area contributed by atoms with Gasteiger partial charge in [0.05, 0.1) is 6.54 Å². The zero-order valence-electron chi connectivity index (χ0n) is 18.9. The van der Waals surface area contributed by atoms with Crippen LogP contribution in [0.3, 0.4) is 0 Å². The molecule has 0 saturated heterocycles. The number of imidazole rings is 1. The first-order valence-electron chi connectivity index (χ1n) is 11.0. The number of aryl methyl sites for hydroxylation is 3. The van der Waals surface area contributed by atoms with Crippen molar-refractivity contribution in [1.82, 2.24) is 9.13 Å². The molecule has 3 rings (SSSR count). The Bertz CT molecular complexity index is 914. The van der Waals surface area contributed by atoms with E-state index in [1.807, 2.05) is 34.4 Å². The fourth-order valence-electron chi connectivity index (χ4n) is 3.35. The predicted octanol–water partition coefficient (Wildman–Crippen LogP) is 5.85. The molecule has 0 radical (unpaired) electrons. The van der Waals surface area contributed by atoms with E-state index in [2.05, 4.69) is 45.0 Å². The molecule has 0 aliphatic heterocycles. The van der Waals surface area contributed by atoms with Crippen LogP contribution in [-0.2, 0) is 19.5 Å². The van der Waals surface area contributed by atoms with Crippen molar-refractivity contribution in [3.05, 3.63) is 87.6 Å². The van der Waals surface area contributed by atoms with Gasteiger partial charge in [0.15, 0.2) is 0 Å². The van der Waals surface area contributed by atoms with Crippen LogP contribution in [0.1, 0.15) is 61.9 Å². The highest BCUT2D eigenvalue weighted by Gasteiger charge is 2.10. The van der Waals surface area contributed by atoms with Crippen molar-refractivity contribution in [3.63, 3.8) is 0 Å². The molecule has 0 aliphatic carbocycles. The molecule has 0 saturated carbocycles. The number of hydrogen-bond donors (Lipinski definition) is 1. The van der Waals surface area contributed by atoms with Gasteiger partial charge in [-0.3, -0.25) is 9.13 Å². The number of aromatic hydroxyl groups is 1. The molecule has 1 heterocycles. The number of benzene rings is 2. The molecular weight excluding hydrogens is 372 g/mol. The summed E-state index contributed by atoms with van der Waals surface area (Å²) < 4.78 is 3.81. The number of phenolic OH excluding ortho intramolecular Hbond substituents is 1. The molecule has 2 aromatic carbocycles. The maximum atomic E-state index is 12.6. The van der Waals surface area contributed by atoms with Gasteiger partial charge in [-0.25, -0.2) is 4.79 Å². The van der Waals surface area contributed by atoms with Crippen molar-refractivity contribution in [2.24, 2.45) is 0 Å². The molecule has 4 heteroatoms. The Hall–Kier alpha value is -2.75. The summed E-state index contributed by atoms with van der Waals surface area (Å²) in [5, 5.41) is 8.76. The third-order valence-electron chi connectivity index (χ3n) is 5.23. The maximum absolute atomic E-state index is 12.6. The molecule has 0 unspecified atom stereocenters. The summed E-state index contributed by atoms with van der Waals surface area (Å²) in [6.45, 7) is 9.91. The minimum atomic E-state index is 0.133. The molecule has 0 spiro atoms. The number of phenols is 1. The number of aromatic nitrogens is 2. The van der Waals surface area contributed by atoms with Crippen LogP contribution in [0.25, 0.3) is 0 Å². The molecule has 30 heavy (non-hydrogen) atoms. The average Bonchev–Trinajstić information content (AvgIpc) is 3.04. The van der Waals surface area contributed by atoms with E-state index in [4.69, 9.17) is 5.11 Å². The average molecular weight is 409 g/mol. The lowest BCUT2D eigenvalue weighted by Gasteiger charge is -2.05. The standard InChI is InChI=1S/C19H28N2O.C7H8O/c1-4-6-7-8-13-21-18(5-2)15-20(19(21)22)14-17-11-9-16(3)10-12-17;1-6-2-4-7(8)5-3-6/h9-12,15H,4-8,13-14H2,1-3H3;2-5,8H,1H3. The summed E-state index contributed by atoms with van der Waals surface area (Å²) in [5.74, 6) is 0.329. The summed E-state index contributed by atoms with van der Waals surface area (Å²) in [7, 11) is 0. The van der Waals surface area contributed by atoms with Gasteiger partial charge >= 0.3 is 5.69 Å². The van der Waals surface area contributed by atoms with Crippen molar-refractivity contribution >= 4 is 0 Å². The minimum absolute atomic E-state index is 0.133. The van der Waals surface area contributed by atoms with E-state index in [0.29, 0.717) is 12.3 Å². The monoisotopic (exact) mass is 408 g/mol. The summed E-state index contributed by atoms with van der Waals surface area (Å²) in [5.41, 5.74) is 4.88. The molecule has 162 valence electrons. The Morgan fingerprint density at radius 1 is 0.833 bits per heavy atom. The van der Waals surface area contributed by atoms with Crippen LogP contribution in [0, 0.1) is 13.8 Å². The first-order valence-corrected chi connectivity index (χ1v) is 11.0. The van der Waals surface area contributed by atoms with E-state index in [0.717, 1.165) is 25.1 Å². The van der Waals surface area contributed by atoms with Crippen molar-refractivity contribution in [3.8, 4) is 5.75 Å². The smallest absolute Gasteiger partial charge is 0.328 e. The molecule has 0 atom stereocenters. The van der Waals surface area contributed by atoms with Gasteiger partial charge in [0, 0.05) is 18.4 Å². The summed E-state index contributed by atoms with van der Waals surface area (Å²) in [6, 6.07) is 15.5. The normalized spacial score (nSPS) is 10.5. The largest absolute Gasteiger partial charge is 0.508 e. The Balaban J connectivity index is 0.000000335. The van der Waals surface area contributed by atoms with E-state index < -0.39 is 0 Å². The quantitative estimate of drug-likeness (QED) is 0.475. The van der Waals surface area contributed by atoms with E-state index >= 15 is 0 Å². The Labute approximate surface area is 180 Å². The molecule has 0 fully saturated rings. The minimum Gasteiger partial charge on any atom is -0.508 e. The van der Waals surface area contributed by atoms with Gasteiger partial charge in [0.1, 0.15) is 5.75 Å². The SMILES string of the molecule is CCCCCCn1c(CC)cn(Cc2ccc(C)cc2)c1=O.Cc1ccc(O)cc1. The number of nitrogens with zero attached hydrogens (tertiary/aromatic N) is 2. The fraction of sp³-hybridized carbons (Fsp3) is 0.423. The van der Waals surface area contributed by atoms with Crippen molar-refractivity contribution in [2.75, 3.05) is 0 Å². The van der Waals surface area contributed by atoms with Gasteiger partial charge in [-0.2, -0.15) is 0 Å². The highest BCUT2D eigenvalue weighted by atomic mass is 16.3. The first kappa shape index (κ1) is 23.5. The Kier molecular flexibility index (Phi) is 9.46. The molecule has 0 aliphatic rings. The van der Waals surface area contributed by atoms with Crippen molar-refractivity contribution < 1.29 is 5.11 Å². The van der Waals surface area contributed by atoms with Gasteiger partial charge in [-0.15, -0.1) is 0 Å². The molecule has 4 nitrogen and oxygen atoms in total. The van der Waals surface area contributed by atoms with Crippen LogP contribution in [0.4, 0.5) is 0 Å². The second-order valence-corrected chi connectivity index (χ2v) is 7.92. The topological polar surface area (TPSA) is 47.2 Å². The van der Waals surface area contributed by atoms with Gasteiger partial charge in [-0.05, 0) is 44.4 Å². The zero-order chi connectivity index (χ0) is 21.9. The highest BCUT2D eigenvalue weighted by molar-refractivity contribution is 5.24. The summed E-state index contributed by atoms with van der Waals surface area (Å²) in [4.78, 5) is 12.6. The van der Waals surface area contributed by atoms with Crippen LogP contribution in [0.15, 0.2) is 59.5 Å². The van der Waals surface area contributed by atoms with Gasteiger partial charge in [-0.1, -0.05) is 80.6 Å². The van der Waals surface area contributed by atoms with Gasteiger partial charge in [0.2, 0.25) is 0 Å². The van der Waals surface area contributed by atoms with Crippen molar-refractivity contribution in [1.29, 1.82) is 0 Å². The predicted molar refractivity (Wildman–Crippen MR) is 125 cm³/mol. The number of unbranched alkanes of at least 4 members (excludes halogenated alkanes) is 3.